The minimum atomic E-state index is -0.0841. The second kappa shape index (κ2) is 9.33. The lowest BCUT2D eigenvalue weighted by Gasteiger charge is -2.31. The number of benzene rings is 1. The van der Waals surface area contributed by atoms with Gasteiger partial charge in [0.05, 0.1) is 6.61 Å². The van der Waals surface area contributed by atoms with Crippen molar-refractivity contribution in [3.05, 3.63) is 48.0 Å². The number of urea groups is 1. The van der Waals surface area contributed by atoms with Gasteiger partial charge in [-0.25, -0.2) is 4.79 Å². The molecule has 5 nitrogen and oxygen atoms in total. The molecule has 1 saturated heterocycles. The molecule has 2 rings (SSSR count). The van der Waals surface area contributed by atoms with E-state index in [9.17, 15) is 4.79 Å². The molecule has 1 fully saturated rings. The topological polar surface area (TPSA) is 64.6 Å². The van der Waals surface area contributed by atoms with Gasteiger partial charge in [-0.1, -0.05) is 30.3 Å². The summed E-state index contributed by atoms with van der Waals surface area (Å²) in [6.45, 7) is 7.37. The van der Waals surface area contributed by atoms with Gasteiger partial charge >= 0.3 is 6.03 Å². The molecule has 2 amide bonds. The summed E-state index contributed by atoms with van der Waals surface area (Å²) < 4.78 is 0. The first-order valence-corrected chi connectivity index (χ1v) is 8.27. The van der Waals surface area contributed by atoms with Crippen LogP contribution >= 0.6 is 0 Å². The normalized spacial score (nSPS) is 16.0. The summed E-state index contributed by atoms with van der Waals surface area (Å²) in [4.78, 5) is 14.3. The summed E-state index contributed by atoms with van der Waals surface area (Å²) in [7, 11) is 0. The third-order valence-corrected chi connectivity index (χ3v) is 4.21. The van der Waals surface area contributed by atoms with Crippen LogP contribution in [-0.2, 0) is 13.0 Å². The van der Waals surface area contributed by atoms with Crippen LogP contribution in [0.4, 0.5) is 4.79 Å². The second-order valence-corrected chi connectivity index (χ2v) is 5.99. The maximum atomic E-state index is 11.9. The summed E-state index contributed by atoms with van der Waals surface area (Å²) in [5.74, 6) is 0. The fraction of sp³-hybridized carbons (Fsp3) is 0.500. The van der Waals surface area contributed by atoms with Crippen LogP contribution < -0.4 is 10.6 Å². The Morgan fingerprint density at radius 3 is 2.52 bits per heavy atom. The van der Waals surface area contributed by atoms with Crippen molar-refractivity contribution in [3.63, 3.8) is 0 Å². The number of nitrogens with zero attached hydrogens (tertiary/aromatic N) is 1. The zero-order chi connectivity index (χ0) is 16.5. The van der Waals surface area contributed by atoms with Gasteiger partial charge in [-0.05, 0) is 30.4 Å². The molecule has 23 heavy (non-hydrogen) atoms. The van der Waals surface area contributed by atoms with Gasteiger partial charge in [-0.15, -0.1) is 6.58 Å². The number of carbonyl (C=O) groups excluding carboxylic acids is 1. The van der Waals surface area contributed by atoms with Crippen molar-refractivity contribution in [1.29, 1.82) is 0 Å². The van der Waals surface area contributed by atoms with Crippen LogP contribution in [0.25, 0.3) is 0 Å². The quantitative estimate of drug-likeness (QED) is 0.670. The standard InChI is InChI=1S/C18H27N3O2/c1-2-11-21-12-8-17(9-13-21)20-18(23)19-10-7-15-3-5-16(14-22)6-4-15/h2-6,17,22H,1,7-14H2,(H2,19,20,23). The molecule has 1 aliphatic heterocycles. The molecule has 0 unspecified atom stereocenters. The van der Waals surface area contributed by atoms with Crippen molar-refractivity contribution in [2.75, 3.05) is 26.2 Å². The van der Waals surface area contributed by atoms with E-state index < -0.39 is 0 Å². The highest BCUT2D eigenvalue weighted by molar-refractivity contribution is 5.74. The third kappa shape index (κ3) is 6.04. The monoisotopic (exact) mass is 317 g/mol. The predicted molar refractivity (Wildman–Crippen MR) is 92.3 cm³/mol. The summed E-state index contributed by atoms with van der Waals surface area (Å²) >= 11 is 0. The highest BCUT2D eigenvalue weighted by Gasteiger charge is 2.19. The zero-order valence-corrected chi connectivity index (χ0v) is 13.6. The minimum Gasteiger partial charge on any atom is -0.392 e. The van der Waals surface area contributed by atoms with Gasteiger partial charge < -0.3 is 15.7 Å². The van der Waals surface area contributed by atoms with E-state index in [1.807, 2.05) is 30.3 Å². The average Bonchev–Trinajstić information content (AvgIpc) is 2.57. The number of piperidine rings is 1. The highest BCUT2D eigenvalue weighted by atomic mass is 16.3. The van der Waals surface area contributed by atoms with E-state index >= 15 is 0 Å². The van der Waals surface area contributed by atoms with Crippen LogP contribution in [-0.4, -0.2) is 48.3 Å². The maximum Gasteiger partial charge on any atom is 0.315 e. The summed E-state index contributed by atoms with van der Waals surface area (Å²) in [5, 5.41) is 15.0. The van der Waals surface area contributed by atoms with Gasteiger partial charge in [-0.3, -0.25) is 4.90 Å². The van der Waals surface area contributed by atoms with Gasteiger partial charge in [-0.2, -0.15) is 0 Å². The first-order chi connectivity index (χ1) is 11.2. The van der Waals surface area contributed by atoms with Gasteiger partial charge in [0.25, 0.3) is 0 Å². The van der Waals surface area contributed by atoms with E-state index in [0.717, 1.165) is 50.0 Å². The van der Waals surface area contributed by atoms with Gasteiger partial charge in [0, 0.05) is 32.2 Å². The van der Waals surface area contributed by atoms with Crippen molar-refractivity contribution in [3.8, 4) is 0 Å². The number of nitrogens with one attached hydrogen (secondary N) is 2. The van der Waals surface area contributed by atoms with E-state index in [1.165, 1.54) is 0 Å². The Kier molecular flexibility index (Phi) is 7.10. The van der Waals surface area contributed by atoms with Crippen molar-refractivity contribution >= 4 is 6.03 Å². The van der Waals surface area contributed by atoms with Crippen LogP contribution in [0.2, 0.25) is 0 Å². The molecule has 0 atom stereocenters. The number of amides is 2. The molecule has 0 saturated carbocycles. The molecule has 1 heterocycles. The lowest BCUT2D eigenvalue weighted by atomic mass is 10.1. The predicted octanol–water partition coefficient (Wildman–Crippen LogP) is 1.67. The number of hydrogen-bond acceptors (Lipinski definition) is 3. The SMILES string of the molecule is C=CCN1CCC(NC(=O)NCCc2ccc(CO)cc2)CC1. The smallest absolute Gasteiger partial charge is 0.315 e. The van der Waals surface area contributed by atoms with Crippen molar-refractivity contribution in [2.45, 2.75) is 31.9 Å². The van der Waals surface area contributed by atoms with E-state index in [2.05, 4.69) is 22.1 Å². The number of carbonyl (C=O) groups is 1. The van der Waals surface area contributed by atoms with Crippen LogP contribution in [0.1, 0.15) is 24.0 Å². The second-order valence-electron chi connectivity index (χ2n) is 5.99. The Labute approximate surface area is 138 Å². The van der Waals surface area contributed by atoms with E-state index in [0.29, 0.717) is 6.54 Å². The number of hydrogen-bond donors (Lipinski definition) is 3. The molecule has 0 radical (unpaired) electrons. The molecular formula is C18H27N3O2. The molecule has 1 aromatic carbocycles. The summed E-state index contributed by atoms with van der Waals surface area (Å²) in [6.07, 6.45) is 4.69. The molecule has 0 bridgehead atoms. The lowest BCUT2D eigenvalue weighted by molar-refractivity contribution is 0.204. The van der Waals surface area contributed by atoms with Crippen molar-refractivity contribution in [1.82, 2.24) is 15.5 Å². The largest absolute Gasteiger partial charge is 0.392 e. The molecule has 126 valence electrons. The molecular weight excluding hydrogens is 290 g/mol. The van der Waals surface area contributed by atoms with Gasteiger partial charge in [0.2, 0.25) is 0 Å². The average molecular weight is 317 g/mol. The number of aliphatic hydroxyl groups is 1. The first kappa shape index (κ1) is 17.5. The van der Waals surface area contributed by atoms with E-state index in [4.69, 9.17) is 5.11 Å². The summed E-state index contributed by atoms with van der Waals surface area (Å²) in [5.41, 5.74) is 2.06. The van der Waals surface area contributed by atoms with E-state index in [1.54, 1.807) is 0 Å². The third-order valence-electron chi connectivity index (χ3n) is 4.21. The molecule has 3 N–H and O–H groups in total. The molecule has 0 spiro atoms. The lowest BCUT2D eigenvalue weighted by Crippen LogP contribution is -2.48. The zero-order valence-electron chi connectivity index (χ0n) is 13.6. The molecule has 1 aliphatic rings. The van der Waals surface area contributed by atoms with Crippen LogP contribution in [0.5, 0.6) is 0 Å². The molecule has 1 aromatic rings. The van der Waals surface area contributed by atoms with Crippen LogP contribution in [0.15, 0.2) is 36.9 Å². The Bertz CT molecular complexity index is 493. The Morgan fingerprint density at radius 2 is 1.91 bits per heavy atom. The number of aliphatic hydroxyl groups excluding tert-OH is 1. The Hall–Kier alpha value is -1.85. The molecule has 0 aromatic heterocycles. The maximum absolute atomic E-state index is 11.9. The highest BCUT2D eigenvalue weighted by Crippen LogP contribution is 2.10. The number of rotatable bonds is 7. The summed E-state index contributed by atoms with van der Waals surface area (Å²) in [6, 6.07) is 7.97. The first-order valence-electron chi connectivity index (χ1n) is 8.27. The fourth-order valence-electron chi connectivity index (χ4n) is 2.81. The van der Waals surface area contributed by atoms with E-state index in [-0.39, 0.29) is 18.7 Å². The Morgan fingerprint density at radius 1 is 1.26 bits per heavy atom. The van der Waals surface area contributed by atoms with Crippen molar-refractivity contribution in [2.24, 2.45) is 0 Å². The van der Waals surface area contributed by atoms with Crippen LogP contribution in [0, 0.1) is 0 Å². The molecule has 5 heteroatoms. The van der Waals surface area contributed by atoms with Gasteiger partial charge in [0.15, 0.2) is 0 Å². The minimum absolute atomic E-state index is 0.0621. The Balaban J connectivity index is 1.62. The fourth-order valence-corrected chi connectivity index (χ4v) is 2.81. The van der Waals surface area contributed by atoms with Crippen molar-refractivity contribution < 1.29 is 9.90 Å². The molecule has 0 aliphatic carbocycles. The number of likely N-dealkylation sites (tertiary alicyclic amines) is 1. The van der Waals surface area contributed by atoms with Crippen LogP contribution in [0.3, 0.4) is 0 Å². The van der Waals surface area contributed by atoms with Gasteiger partial charge in [0.1, 0.15) is 0 Å².